The van der Waals surface area contributed by atoms with Crippen LogP contribution in [0.2, 0.25) is 0 Å². The summed E-state index contributed by atoms with van der Waals surface area (Å²) in [4.78, 5) is 30.4. The zero-order valence-corrected chi connectivity index (χ0v) is 20.2. The molecule has 2 heterocycles. The first-order valence-corrected chi connectivity index (χ1v) is 12.2. The molecule has 1 saturated heterocycles. The van der Waals surface area contributed by atoms with E-state index in [-0.39, 0.29) is 12.1 Å². The molecule has 36 heavy (non-hydrogen) atoms. The Hall–Kier alpha value is -4.13. The zero-order valence-electron chi connectivity index (χ0n) is 20.2. The number of ether oxygens (including phenoxy) is 2. The molecule has 2 atom stereocenters. The molecule has 1 aromatic heterocycles. The summed E-state index contributed by atoms with van der Waals surface area (Å²) in [6, 6.07) is 21.7. The van der Waals surface area contributed by atoms with Gasteiger partial charge in [-0.15, -0.1) is 0 Å². The van der Waals surface area contributed by atoms with Crippen LogP contribution in [-0.2, 0) is 4.74 Å². The topological polar surface area (TPSA) is 80.8 Å². The van der Waals surface area contributed by atoms with Crippen LogP contribution in [0.25, 0.3) is 6.08 Å². The Balaban J connectivity index is 1.12. The fraction of sp³-hybridized carbons (Fsp3) is 0.276. The van der Waals surface area contributed by atoms with Gasteiger partial charge < -0.3 is 19.7 Å². The summed E-state index contributed by atoms with van der Waals surface area (Å²) in [6.45, 7) is 1.43. The Kier molecular flexibility index (Phi) is 6.98. The molecule has 1 saturated carbocycles. The van der Waals surface area contributed by atoms with Gasteiger partial charge in [0.25, 0.3) is 0 Å². The number of amides is 2. The lowest BCUT2D eigenvalue weighted by atomic mass is 10.0. The number of nitrogens with one attached hydrogen (secondary N) is 1. The van der Waals surface area contributed by atoms with E-state index in [0.29, 0.717) is 36.2 Å². The van der Waals surface area contributed by atoms with Gasteiger partial charge in [-0.2, -0.15) is 0 Å². The number of rotatable bonds is 6. The van der Waals surface area contributed by atoms with E-state index in [0.717, 1.165) is 24.8 Å². The average molecular weight is 484 g/mol. The molecular weight excluding hydrogens is 454 g/mol. The number of piperidine rings is 1. The van der Waals surface area contributed by atoms with Crippen LogP contribution < -0.4 is 10.1 Å². The van der Waals surface area contributed by atoms with Crippen molar-refractivity contribution >= 4 is 18.1 Å². The maximum absolute atomic E-state index is 12.7. The SMILES string of the molecule is COC(=O)c1ccc(Oc2cccc(C=C3CCN(C(=O)N[C@@H]4C[C@H]4c4ccccc4)CC3)c2)nc1. The van der Waals surface area contributed by atoms with Gasteiger partial charge in [0.1, 0.15) is 5.75 Å². The number of esters is 1. The molecule has 0 spiro atoms. The molecule has 2 aliphatic rings. The highest BCUT2D eigenvalue weighted by atomic mass is 16.5. The number of aromatic nitrogens is 1. The van der Waals surface area contributed by atoms with E-state index < -0.39 is 5.97 Å². The highest BCUT2D eigenvalue weighted by molar-refractivity contribution is 5.88. The second-order valence-corrected chi connectivity index (χ2v) is 9.15. The second-order valence-electron chi connectivity index (χ2n) is 9.15. The Morgan fingerprint density at radius 3 is 2.56 bits per heavy atom. The summed E-state index contributed by atoms with van der Waals surface area (Å²) >= 11 is 0. The van der Waals surface area contributed by atoms with Gasteiger partial charge in [0.15, 0.2) is 0 Å². The highest BCUT2D eigenvalue weighted by Crippen LogP contribution is 2.40. The van der Waals surface area contributed by atoms with Gasteiger partial charge in [0, 0.05) is 37.3 Å². The van der Waals surface area contributed by atoms with Gasteiger partial charge in [-0.25, -0.2) is 14.6 Å². The minimum absolute atomic E-state index is 0.0404. The first-order chi connectivity index (χ1) is 17.6. The minimum atomic E-state index is -0.435. The summed E-state index contributed by atoms with van der Waals surface area (Å²) in [6.07, 6.45) is 6.31. The molecule has 184 valence electrons. The van der Waals surface area contributed by atoms with Crippen molar-refractivity contribution in [1.82, 2.24) is 15.2 Å². The number of likely N-dealkylation sites (tertiary alicyclic amines) is 1. The Morgan fingerprint density at radius 1 is 1.03 bits per heavy atom. The summed E-state index contributed by atoms with van der Waals surface area (Å²) < 4.78 is 10.5. The van der Waals surface area contributed by atoms with E-state index in [1.54, 1.807) is 12.1 Å². The van der Waals surface area contributed by atoms with Crippen molar-refractivity contribution in [3.63, 3.8) is 0 Å². The first kappa shape index (κ1) is 23.6. The highest BCUT2D eigenvalue weighted by Gasteiger charge is 2.40. The van der Waals surface area contributed by atoms with Gasteiger partial charge in [-0.1, -0.05) is 54.1 Å². The minimum Gasteiger partial charge on any atom is -0.465 e. The average Bonchev–Trinajstić information content (AvgIpc) is 3.69. The van der Waals surface area contributed by atoms with Crippen LogP contribution in [0.5, 0.6) is 11.6 Å². The van der Waals surface area contributed by atoms with E-state index in [1.807, 2.05) is 47.4 Å². The van der Waals surface area contributed by atoms with Crippen molar-refractivity contribution < 1.29 is 19.1 Å². The number of urea groups is 1. The number of methoxy groups -OCH3 is 1. The van der Waals surface area contributed by atoms with Crippen molar-refractivity contribution in [3.8, 4) is 11.6 Å². The molecule has 2 fully saturated rings. The summed E-state index contributed by atoms with van der Waals surface area (Å²) in [5, 5.41) is 3.20. The molecule has 2 aromatic carbocycles. The van der Waals surface area contributed by atoms with Crippen LogP contribution >= 0.6 is 0 Å². The van der Waals surface area contributed by atoms with Crippen molar-refractivity contribution in [1.29, 1.82) is 0 Å². The molecule has 0 bridgehead atoms. The van der Waals surface area contributed by atoms with Crippen LogP contribution in [-0.4, -0.2) is 48.1 Å². The molecule has 5 rings (SSSR count). The number of hydrogen-bond acceptors (Lipinski definition) is 5. The number of carbonyl (C=O) groups excluding carboxylic acids is 2. The maximum Gasteiger partial charge on any atom is 0.339 e. The molecule has 1 aliphatic carbocycles. The quantitative estimate of drug-likeness (QED) is 0.475. The lowest BCUT2D eigenvalue weighted by molar-refractivity contribution is 0.0600. The molecule has 7 heteroatoms. The van der Waals surface area contributed by atoms with Crippen molar-refractivity contribution in [3.05, 3.63) is 95.2 Å². The van der Waals surface area contributed by atoms with Crippen LogP contribution in [0.1, 0.15) is 46.7 Å². The maximum atomic E-state index is 12.7. The molecule has 0 radical (unpaired) electrons. The number of benzene rings is 2. The molecule has 2 amide bonds. The Labute approximate surface area is 210 Å². The molecule has 1 aliphatic heterocycles. The van der Waals surface area contributed by atoms with Gasteiger partial charge in [0.2, 0.25) is 5.88 Å². The van der Waals surface area contributed by atoms with Crippen molar-refractivity contribution in [2.24, 2.45) is 0 Å². The molecule has 7 nitrogen and oxygen atoms in total. The van der Waals surface area contributed by atoms with Gasteiger partial charge in [0.05, 0.1) is 12.7 Å². The summed E-state index contributed by atoms with van der Waals surface area (Å²) in [5.74, 6) is 1.06. The number of pyridine rings is 1. The Morgan fingerprint density at radius 2 is 1.83 bits per heavy atom. The van der Waals surface area contributed by atoms with Crippen LogP contribution in [0.4, 0.5) is 4.79 Å². The fourth-order valence-electron chi connectivity index (χ4n) is 4.52. The largest absolute Gasteiger partial charge is 0.465 e. The number of nitrogens with zero attached hydrogens (tertiary/aromatic N) is 2. The van der Waals surface area contributed by atoms with Crippen LogP contribution in [0.15, 0.2) is 78.5 Å². The van der Waals surface area contributed by atoms with Crippen molar-refractivity contribution in [2.45, 2.75) is 31.2 Å². The molecule has 1 N–H and O–H groups in total. The third-order valence-electron chi connectivity index (χ3n) is 6.63. The lowest BCUT2D eigenvalue weighted by Gasteiger charge is -2.28. The number of hydrogen-bond donors (Lipinski definition) is 1. The predicted molar refractivity (Wildman–Crippen MR) is 137 cm³/mol. The normalized spacial score (nSPS) is 18.8. The predicted octanol–water partition coefficient (Wildman–Crippen LogP) is 5.41. The third kappa shape index (κ3) is 5.74. The Bertz CT molecular complexity index is 1250. The zero-order chi connectivity index (χ0) is 24.9. The number of carbonyl (C=O) groups is 2. The molecule has 3 aromatic rings. The molecule has 0 unspecified atom stereocenters. The second kappa shape index (κ2) is 10.6. The monoisotopic (exact) mass is 483 g/mol. The third-order valence-corrected chi connectivity index (χ3v) is 6.63. The fourth-order valence-corrected chi connectivity index (χ4v) is 4.52. The summed E-state index contributed by atoms with van der Waals surface area (Å²) in [5.41, 5.74) is 4.02. The van der Waals surface area contributed by atoms with E-state index in [1.165, 1.54) is 24.4 Å². The van der Waals surface area contributed by atoms with Gasteiger partial charge >= 0.3 is 12.0 Å². The van der Waals surface area contributed by atoms with Crippen LogP contribution in [0, 0.1) is 0 Å². The van der Waals surface area contributed by atoms with Gasteiger partial charge in [-0.3, -0.25) is 0 Å². The van der Waals surface area contributed by atoms with E-state index in [2.05, 4.69) is 28.5 Å². The standard InChI is InChI=1S/C29H29N3O4/c1-35-28(33)23-10-11-27(30-19-23)36-24-9-5-6-21(17-24)16-20-12-14-32(15-13-20)29(34)31-26-18-25(26)22-7-3-2-4-8-22/h2-11,16-17,19,25-26H,12-15,18H2,1H3,(H,31,34)/t25-,26+/m0/s1. The molecular formula is C29H29N3O4. The van der Waals surface area contributed by atoms with Crippen LogP contribution in [0.3, 0.4) is 0 Å². The summed E-state index contributed by atoms with van der Waals surface area (Å²) in [7, 11) is 1.33. The van der Waals surface area contributed by atoms with Gasteiger partial charge in [-0.05, 0) is 48.6 Å². The van der Waals surface area contributed by atoms with E-state index in [4.69, 9.17) is 9.47 Å². The lowest BCUT2D eigenvalue weighted by Crippen LogP contribution is -2.44. The van der Waals surface area contributed by atoms with Crippen molar-refractivity contribution in [2.75, 3.05) is 20.2 Å². The van der Waals surface area contributed by atoms with E-state index >= 15 is 0 Å². The smallest absolute Gasteiger partial charge is 0.339 e. The van der Waals surface area contributed by atoms with E-state index in [9.17, 15) is 9.59 Å². The first-order valence-electron chi connectivity index (χ1n) is 12.2.